The molecule has 0 radical (unpaired) electrons. The summed E-state index contributed by atoms with van der Waals surface area (Å²) in [6, 6.07) is 0. The molecule has 1 aliphatic carbocycles. The van der Waals surface area contributed by atoms with Crippen LogP contribution in [0.15, 0.2) is 4.42 Å². The van der Waals surface area contributed by atoms with Crippen molar-refractivity contribution in [3.05, 3.63) is 32.5 Å². The third-order valence-electron chi connectivity index (χ3n) is 3.89. The Morgan fingerprint density at radius 1 is 1.25 bits per heavy atom. The average Bonchev–Trinajstić information content (AvgIpc) is 3.07. The summed E-state index contributed by atoms with van der Waals surface area (Å²) in [4.78, 5) is 30.9. The number of hydrogen-bond acceptors (Lipinski definition) is 5. The number of thiazole rings is 1. The third kappa shape index (κ3) is 2.87. The first kappa shape index (κ1) is 16.4. The van der Waals surface area contributed by atoms with Crippen LogP contribution < -0.4 is 16.0 Å². The molecule has 1 aliphatic rings. The van der Waals surface area contributed by atoms with Crippen LogP contribution in [0.2, 0.25) is 0 Å². The fourth-order valence-corrected chi connectivity index (χ4v) is 3.60. The molecule has 0 aliphatic heterocycles. The van der Waals surface area contributed by atoms with E-state index in [1.54, 1.807) is 21.0 Å². The van der Waals surface area contributed by atoms with Crippen LogP contribution in [0.5, 0.6) is 0 Å². The summed E-state index contributed by atoms with van der Waals surface area (Å²) in [5.74, 6) is -0.177. The van der Waals surface area contributed by atoms with Gasteiger partial charge in [-0.1, -0.05) is 17.4 Å². The van der Waals surface area contributed by atoms with E-state index in [0.717, 1.165) is 29.0 Å². The molecule has 1 N–H and O–H groups in total. The predicted octanol–water partition coefficient (Wildman–Crippen LogP) is 1.66. The lowest BCUT2D eigenvalue weighted by molar-refractivity contribution is 0.0831. The van der Waals surface area contributed by atoms with Crippen LogP contribution in [0, 0.1) is 13.8 Å². The number of hydrogen-bond donors (Lipinski definition) is 1. The quantitative estimate of drug-likeness (QED) is 0.918. The van der Waals surface area contributed by atoms with Gasteiger partial charge in [-0.3, -0.25) is 14.9 Å². The second kappa shape index (κ2) is 6.24. The molecule has 2 aromatic heterocycles. The Bertz CT molecular complexity index is 937. The van der Waals surface area contributed by atoms with Crippen LogP contribution in [-0.2, 0) is 0 Å². The lowest BCUT2D eigenvalue weighted by Gasteiger charge is -2.07. The van der Waals surface area contributed by atoms with Crippen molar-refractivity contribution >= 4 is 40.4 Å². The second-order valence-corrected chi connectivity index (χ2v) is 6.91. The van der Waals surface area contributed by atoms with E-state index in [-0.39, 0.29) is 11.8 Å². The zero-order valence-corrected chi connectivity index (χ0v) is 14.9. The van der Waals surface area contributed by atoms with Gasteiger partial charge < -0.3 is 9.32 Å². The van der Waals surface area contributed by atoms with Gasteiger partial charge in [0.1, 0.15) is 10.3 Å². The Hall–Kier alpha value is -2.41. The van der Waals surface area contributed by atoms with Gasteiger partial charge in [-0.15, -0.1) is 0 Å². The molecule has 0 unspecified atom stereocenters. The van der Waals surface area contributed by atoms with Crippen molar-refractivity contribution in [3.63, 3.8) is 0 Å². The number of amides is 2. The number of carbonyl (C=O) groups is 2. The highest BCUT2D eigenvalue weighted by Gasteiger charge is 2.21. The molecule has 0 atom stereocenters. The molecular formula is C17H19N3O3S. The number of furan rings is 1. The summed E-state index contributed by atoms with van der Waals surface area (Å²) >= 11 is 1.17. The maximum absolute atomic E-state index is 12.5. The smallest absolute Gasteiger partial charge is 0.293 e. The van der Waals surface area contributed by atoms with Gasteiger partial charge in [-0.25, -0.2) is 4.98 Å². The van der Waals surface area contributed by atoms with E-state index in [0.29, 0.717) is 21.5 Å². The van der Waals surface area contributed by atoms with Crippen LogP contribution in [-0.4, -0.2) is 35.8 Å². The Labute approximate surface area is 143 Å². The van der Waals surface area contributed by atoms with Crippen LogP contribution in [0.25, 0.3) is 12.2 Å². The fraction of sp³-hybridized carbons (Fsp3) is 0.353. The highest BCUT2D eigenvalue weighted by Crippen LogP contribution is 2.24. The number of nitrogens with zero attached hydrogens (tertiary/aromatic N) is 2. The van der Waals surface area contributed by atoms with Gasteiger partial charge in [-0.2, -0.15) is 0 Å². The number of fused-ring (bicyclic) bond motifs is 1. The average molecular weight is 345 g/mol. The Kier molecular flexibility index (Phi) is 4.28. The first-order valence-corrected chi connectivity index (χ1v) is 8.50. The predicted molar refractivity (Wildman–Crippen MR) is 93.7 cm³/mol. The lowest BCUT2D eigenvalue weighted by Crippen LogP contribution is -2.23. The van der Waals surface area contributed by atoms with E-state index in [1.807, 2.05) is 13.0 Å². The van der Waals surface area contributed by atoms with E-state index in [9.17, 15) is 9.59 Å². The maximum atomic E-state index is 12.5. The van der Waals surface area contributed by atoms with E-state index < -0.39 is 0 Å². The van der Waals surface area contributed by atoms with Crippen molar-refractivity contribution in [2.24, 2.45) is 0 Å². The van der Waals surface area contributed by atoms with E-state index in [4.69, 9.17) is 4.42 Å². The van der Waals surface area contributed by atoms with Crippen molar-refractivity contribution in [3.8, 4) is 0 Å². The SMILES string of the molecule is Cc1nc(NC(=O)c2oc3c(c2C)=CCCC=3)sc1C(=O)N(C)C. The van der Waals surface area contributed by atoms with Gasteiger partial charge in [-0.05, 0) is 32.8 Å². The minimum Gasteiger partial charge on any atom is -0.451 e. The zero-order valence-electron chi connectivity index (χ0n) is 14.1. The van der Waals surface area contributed by atoms with Gasteiger partial charge in [0.2, 0.25) is 0 Å². The fourth-order valence-electron chi connectivity index (χ4n) is 2.62. The number of rotatable bonds is 3. The van der Waals surface area contributed by atoms with E-state index in [2.05, 4.69) is 16.4 Å². The molecule has 0 saturated heterocycles. The van der Waals surface area contributed by atoms with Crippen molar-refractivity contribution in [1.29, 1.82) is 0 Å². The van der Waals surface area contributed by atoms with Crippen molar-refractivity contribution in [1.82, 2.24) is 9.88 Å². The molecule has 2 heterocycles. The number of carbonyl (C=O) groups excluding carboxylic acids is 2. The van der Waals surface area contributed by atoms with Crippen molar-refractivity contribution < 1.29 is 14.0 Å². The Morgan fingerprint density at radius 2 is 1.96 bits per heavy atom. The van der Waals surface area contributed by atoms with Gasteiger partial charge in [0.15, 0.2) is 10.9 Å². The van der Waals surface area contributed by atoms with Gasteiger partial charge >= 0.3 is 0 Å². The molecule has 0 saturated carbocycles. The molecule has 3 rings (SSSR count). The minimum atomic E-state index is -0.346. The van der Waals surface area contributed by atoms with Crippen molar-refractivity contribution in [2.45, 2.75) is 26.7 Å². The topological polar surface area (TPSA) is 75.4 Å². The Morgan fingerprint density at radius 3 is 2.62 bits per heavy atom. The molecule has 0 aromatic carbocycles. The van der Waals surface area contributed by atoms with Crippen LogP contribution >= 0.6 is 11.3 Å². The monoisotopic (exact) mass is 345 g/mol. The van der Waals surface area contributed by atoms with Gasteiger partial charge in [0, 0.05) is 24.9 Å². The van der Waals surface area contributed by atoms with Crippen LogP contribution in [0.4, 0.5) is 5.13 Å². The van der Waals surface area contributed by atoms with Crippen molar-refractivity contribution in [2.75, 3.05) is 19.4 Å². The number of aryl methyl sites for hydroxylation is 1. The molecule has 2 amide bonds. The largest absolute Gasteiger partial charge is 0.451 e. The highest BCUT2D eigenvalue weighted by molar-refractivity contribution is 7.17. The van der Waals surface area contributed by atoms with Crippen LogP contribution in [0.1, 0.15) is 44.3 Å². The summed E-state index contributed by atoms with van der Waals surface area (Å²) in [6.07, 6.45) is 5.96. The van der Waals surface area contributed by atoms with Gasteiger partial charge in [0.25, 0.3) is 11.8 Å². The molecule has 126 valence electrons. The molecule has 7 heteroatoms. The Balaban J connectivity index is 1.88. The zero-order chi connectivity index (χ0) is 17.4. The standard InChI is InChI=1S/C17H19N3O3S/c1-9-11-7-5-6-8-12(11)23-13(9)15(21)19-17-18-10(2)14(24-17)16(22)20(3)4/h7-8H,5-6H2,1-4H3,(H,18,19,21). The van der Waals surface area contributed by atoms with Crippen LogP contribution in [0.3, 0.4) is 0 Å². The second-order valence-electron chi connectivity index (χ2n) is 5.91. The lowest BCUT2D eigenvalue weighted by atomic mass is 10.1. The summed E-state index contributed by atoms with van der Waals surface area (Å²) < 4.78 is 5.70. The number of aromatic nitrogens is 1. The molecule has 6 nitrogen and oxygen atoms in total. The molecule has 2 aromatic rings. The summed E-state index contributed by atoms with van der Waals surface area (Å²) in [5.41, 5.74) is 2.19. The number of nitrogens with one attached hydrogen (secondary N) is 1. The van der Waals surface area contributed by atoms with E-state index >= 15 is 0 Å². The molecule has 0 fully saturated rings. The third-order valence-corrected chi connectivity index (χ3v) is 4.95. The summed E-state index contributed by atoms with van der Waals surface area (Å²) in [6.45, 7) is 3.63. The van der Waals surface area contributed by atoms with Gasteiger partial charge in [0.05, 0.1) is 5.69 Å². The minimum absolute atomic E-state index is 0.126. The molecular weight excluding hydrogens is 326 g/mol. The van der Waals surface area contributed by atoms with E-state index in [1.165, 1.54) is 16.2 Å². The number of anilines is 1. The normalized spacial score (nSPS) is 12.8. The first-order valence-electron chi connectivity index (χ1n) is 7.68. The first-order chi connectivity index (χ1) is 11.4. The molecule has 24 heavy (non-hydrogen) atoms. The summed E-state index contributed by atoms with van der Waals surface area (Å²) in [5, 5.41) is 4.12. The summed E-state index contributed by atoms with van der Waals surface area (Å²) in [7, 11) is 3.37. The molecule has 0 spiro atoms. The molecule has 0 bridgehead atoms. The maximum Gasteiger partial charge on any atom is 0.293 e. The highest BCUT2D eigenvalue weighted by atomic mass is 32.1.